The number of anilines is 1. The number of aromatic nitrogens is 3. The Morgan fingerprint density at radius 2 is 1.72 bits per heavy atom. The van der Waals surface area contributed by atoms with Crippen molar-refractivity contribution < 1.29 is 23.9 Å². The lowest BCUT2D eigenvalue weighted by atomic mass is 10.2. The lowest BCUT2D eigenvalue weighted by molar-refractivity contribution is -0.119. The predicted molar refractivity (Wildman–Crippen MR) is 116 cm³/mol. The fourth-order valence-electron chi connectivity index (χ4n) is 2.72. The number of hydrogen-bond acceptors (Lipinski definition) is 7. The Labute approximate surface area is 185 Å². The SMILES string of the molecule is CCCCOC(=O)c1ccc(NC(=O)COC(=O)c2cn(Cc3ccccc3)nn2)cc1. The Kier molecular flexibility index (Phi) is 8.08. The molecule has 0 aliphatic heterocycles. The molecule has 3 rings (SSSR count). The van der Waals surface area contributed by atoms with Crippen LogP contribution in [0.25, 0.3) is 0 Å². The van der Waals surface area contributed by atoms with E-state index in [-0.39, 0.29) is 5.69 Å². The van der Waals surface area contributed by atoms with E-state index in [1.165, 1.54) is 10.9 Å². The van der Waals surface area contributed by atoms with Crippen LogP contribution in [0.1, 0.15) is 46.2 Å². The van der Waals surface area contributed by atoms with Crippen LogP contribution in [-0.4, -0.2) is 46.1 Å². The quantitative estimate of drug-likeness (QED) is 0.384. The highest BCUT2D eigenvalue weighted by Gasteiger charge is 2.15. The van der Waals surface area contributed by atoms with E-state index in [2.05, 4.69) is 15.6 Å². The van der Waals surface area contributed by atoms with E-state index in [0.717, 1.165) is 18.4 Å². The van der Waals surface area contributed by atoms with Crippen LogP contribution in [-0.2, 0) is 20.8 Å². The second-order valence-corrected chi connectivity index (χ2v) is 6.98. The Hall–Kier alpha value is -4.01. The van der Waals surface area contributed by atoms with Crippen LogP contribution < -0.4 is 5.32 Å². The molecular formula is C23H24N4O5. The summed E-state index contributed by atoms with van der Waals surface area (Å²) in [4.78, 5) is 36.1. The number of esters is 2. The van der Waals surface area contributed by atoms with Gasteiger partial charge in [-0.15, -0.1) is 5.10 Å². The van der Waals surface area contributed by atoms with Crippen molar-refractivity contribution in [2.75, 3.05) is 18.5 Å². The first kappa shape index (κ1) is 22.7. The number of ether oxygens (including phenoxy) is 2. The van der Waals surface area contributed by atoms with E-state index in [0.29, 0.717) is 24.4 Å². The van der Waals surface area contributed by atoms with Gasteiger partial charge in [0, 0.05) is 5.69 Å². The number of amides is 1. The summed E-state index contributed by atoms with van der Waals surface area (Å²) in [5.41, 5.74) is 1.88. The molecule has 0 saturated heterocycles. The van der Waals surface area contributed by atoms with E-state index in [4.69, 9.17) is 9.47 Å². The van der Waals surface area contributed by atoms with Gasteiger partial charge in [-0.25, -0.2) is 14.3 Å². The summed E-state index contributed by atoms with van der Waals surface area (Å²) >= 11 is 0. The Bertz CT molecular complexity index is 1050. The van der Waals surface area contributed by atoms with Crippen molar-refractivity contribution in [3.05, 3.63) is 77.6 Å². The zero-order chi connectivity index (χ0) is 22.8. The molecule has 0 saturated carbocycles. The Morgan fingerprint density at radius 3 is 2.44 bits per heavy atom. The standard InChI is InChI=1S/C23H24N4O5/c1-2-3-13-31-22(29)18-9-11-19(12-10-18)24-21(28)16-32-23(30)20-15-27(26-25-20)14-17-7-5-4-6-8-17/h4-12,15H,2-3,13-14,16H2,1H3,(H,24,28). The van der Waals surface area contributed by atoms with Crippen LogP contribution >= 0.6 is 0 Å². The normalized spacial score (nSPS) is 10.4. The molecule has 0 radical (unpaired) electrons. The smallest absolute Gasteiger partial charge is 0.361 e. The van der Waals surface area contributed by atoms with Crippen molar-refractivity contribution in [1.29, 1.82) is 0 Å². The third-order valence-corrected chi connectivity index (χ3v) is 4.40. The highest BCUT2D eigenvalue weighted by Crippen LogP contribution is 2.11. The minimum absolute atomic E-state index is 0.0136. The van der Waals surface area contributed by atoms with E-state index in [1.807, 2.05) is 37.3 Å². The molecule has 0 aliphatic rings. The highest BCUT2D eigenvalue weighted by atomic mass is 16.5. The summed E-state index contributed by atoms with van der Waals surface area (Å²) in [5.74, 6) is -1.68. The molecule has 2 aromatic carbocycles. The first-order valence-electron chi connectivity index (χ1n) is 10.2. The number of nitrogens with one attached hydrogen (secondary N) is 1. The van der Waals surface area contributed by atoms with Gasteiger partial charge < -0.3 is 14.8 Å². The lowest BCUT2D eigenvalue weighted by Crippen LogP contribution is -2.21. The van der Waals surface area contributed by atoms with E-state index in [9.17, 15) is 14.4 Å². The summed E-state index contributed by atoms with van der Waals surface area (Å²) in [7, 11) is 0. The number of unbranched alkanes of at least 4 members (excludes halogenated alkanes) is 1. The largest absolute Gasteiger partial charge is 0.462 e. The van der Waals surface area contributed by atoms with Crippen molar-refractivity contribution >= 4 is 23.5 Å². The first-order chi connectivity index (χ1) is 15.5. The average Bonchev–Trinajstić information content (AvgIpc) is 3.27. The minimum atomic E-state index is -0.746. The fourth-order valence-corrected chi connectivity index (χ4v) is 2.72. The van der Waals surface area contributed by atoms with Crippen LogP contribution in [0.4, 0.5) is 5.69 Å². The second kappa shape index (κ2) is 11.4. The van der Waals surface area contributed by atoms with Crippen molar-refractivity contribution in [2.24, 2.45) is 0 Å². The molecule has 1 N–H and O–H groups in total. The van der Waals surface area contributed by atoms with Gasteiger partial charge in [0.2, 0.25) is 0 Å². The summed E-state index contributed by atoms with van der Waals surface area (Å²) in [6.07, 6.45) is 3.21. The van der Waals surface area contributed by atoms with Gasteiger partial charge in [-0.05, 0) is 36.2 Å². The molecule has 0 aliphatic carbocycles. The third-order valence-electron chi connectivity index (χ3n) is 4.40. The number of nitrogens with zero attached hydrogens (tertiary/aromatic N) is 3. The maximum atomic E-state index is 12.1. The van der Waals surface area contributed by atoms with Crippen LogP contribution in [0.3, 0.4) is 0 Å². The van der Waals surface area contributed by atoms with Crippen LogP contribution in [0.5, 0.6) is 0 Å². The predicted octanol–water partition coefficient (Wildman–Crippen LogP) is 3.08. The van der Waals surface area contributed by atoms with Crippen LogP contribution in [0, 0.1) is 0 Å². The first-order valence-corrected chi connectivity index (χ1v) is 10.2. The minimum Gasteiger partial charge on any atom is -0.462 e. The number of carbonyl (C=O) groups is 3. The highest BCUT2D eigenvalue weighted by molar-refractivity contribution is 5.95. The molecular weight excluding hydrogens is 412 g/mol. The van der Waals surface area contributed by atoms with Gasteiger partial charge in [0.25, 0.3) is 5.91 Å². The van der Waals surface area contributed by atoms with Crippen molar-refractivity contribution in [3.63, 3.8) is 0 Å². The monoisotopic (exact) mass is 436 g/mol. The molecule has 0 bridgehead atoms. The molecule has 9 heteroatoms. The Balaban J connectivity index is 1.44. The molecule has 166 valence electrons. The van der Waals surface area contributed by atoms with Crippen LogP contribution in [0.15, 0.2) is 60.8 Å². The maximum Gasteiger partial charge on any atom is 0.361 e. The van der Waals surface area contributed by atoms with Gasteiger partial charge in [0.05, 0.1) is 24.9 Å². The molecule has 0 spiro atoms. The van der Waals surface area contributed by atoms with Gasteiger partial charge in [0.1, 0.15) is 0 Å². The zero-order valence-electron chi connectivity index (χ0n) is 17.7. The van der Waals surface area contributed by atoms with Crippen LogP contribution in [0.2, 0.25) is 0 Å². The summed E-state index contributed by atoms with van der Waals surface area (Å²) in [6.45, 7) is 2.37. The topological polar surface area (TPSA) is 112 Å². The molecule has 32 heavy (non-hydrogen) atoms. The van der Waals surface area contributed by atoms with Crippen molar-refractivity contribution in [2.45, 2.75) is 26.3 Å². The number of rotatable bonds is 10. The molecule has 0 atom stereocenters. The number of hydrogen-bond donors (Lipinski definition) is 1. The molecule has 1 amide bonds. The summed E-state index contributed by atoms with van der Waals surface area (Å²) in [6, 6.07) is 15.9. The molecule has 9 nitrogen and oxygen atoms in total. The third kappa shape index (κ3) is 6.76. The van der Waals surface area contributed by atoms with E-state index in [1.54, 1.807) is 24.3 Å². The fraction of sp³-hybridized carbons (Fsp3) is 0.261. The molecule has 1 heterocycles. The second-order valence-electron chi connectivity index (χ2n) is 6.98. The van der Waals surface area contributed by atoms with E-state index < -0.39 is 24.5 Å². The van der Waals surface area contributed by atoms with Gasteiger partial charge in [-0.2, -0.15) is 0 Å². The number of benzene rings is 2. The average molecular weight is 436 g/mol. The molecule has 3 aromatic rings. The van der Waals surface area contributed by atoms with Crippen molar-refractivity contribution in [3.8, 4) is 0 Å². The molecule has 0 unspecified atom stereocenters. The van der Waals surface area contributed by atoms with Gasteiger partial charge in [-0.1, -0.05) is 48.9 Å². The lowest BCUT2D eigenvalue weighted by Gasteiger charge is -2.07. The summed E-state index contributed by atoms with van der Waals surface area (Å²) < 4.78 is 11.7. The number of carbonyl (C=O) groups excluding carboxylic acids is 3. The van der Waals surface area contributed by atoms with Gasteiger partial charge in [0.15, 0.2) is 12.3 Å². The zero-order valence-corrected chi connectivity index (χ0v) is 17.7. The summed E-state index contributed by atoms with van der Waals surface area (Å²) in [5, 5.41) is 10.3. The van der Waals surface area contributed by atoms with Crippen molar-refractivity contribution in [1.82, 2.24) is 15.0 Å². The molecule has 0 fully saturated rings. The molecule has 1 aromatic heterocycles. The Morgan fingerprint density at radius 1 is 0.969 bits per heavy atom. The van der Waals surface area contributed by atoms with Gasteiger partial charge >= 0.3 is 11.9 Å². The maximum absolute atomic E-state index is 12.1. The van der Waals surface area contributed by atoms with Gasteiger partial charge in [-0.3, -0.25) is 4.79 Å². The van der Waals surface area contributed by atoms with E-state index >= 15 is 0 Å².